The van der Waals surface area contributed by atoms with E-state index in [0.717, 1.165) is 12.1 Å². The third kappa shape index (κ3) is 3.82. The van der Waals surface area contributed by atoms with Crippen molar-refractivity contribution in [1.29, 1.82) is 0 Å². The Bertz CT molecular complexity index is 464. The quantitative estimate of drug-likeness (QED) is 0.839. The van der Waals surface area contributed by atoms with Crippen LogP contribution in [0.15, 0.2) is 6.07 Å². The summed E-state index contributed by atoms with van der Waals surface area (Å²) in [4.78, 5) is 12.1. The Kier molecular flexibility index (Phi) is 5.34. The van der Waals surface area contributed by atoms with E-state index in [2.05, 4.69) is 24.3 Å². The molecule has 2 unspecified atom stereocenters. The molecule has 0 aliphatic heterocycles. The largest absolute Gasteiger partial charge is 0.388 e. The summed E-state index contributed by atoms with van der Waals surface area (Å²) in [7, 11) is 1.83. The minimum atomic E-state index is -0.903. The van der Waals surface area contributed by atoms with Gasteiger partial charge >= 0.3 is 0 Å². The van der Waals surface area contributed by atoms with Gasteiger partial charge in [-0.05, 0) is 24.8 Å². The van der Waals surface area contributed by atoms with E-state index in [-0.39, 0.29) is 18.4 Å². The molecule has 0 aliphatic carbocycles. The minimum Gasteiger partial charge on any atom is -0.388 e. The van der Waals surface area contributed by atoms with Crippen molar-refractivity contribution in [2.45, 2.75) is 52.6 Å². The van der Waals surface area contributed by atoms with E-state index in [1.807, 2.05) is 20.9 Å². The Balaban J connectivity index is 2.71. The van der Waals surface area contributed by atoms with Crippen molar-refractivity contribution >= 4 is 5.91 Å². The van der Waals surface area contributed by atoms with Gasteiger partial charge in [0.15, 0.2) is 0 Å². The first-order chi connectivity index (χ1) is 9.19. The number of nitrogens with one attached hydrogen (secondary N) is 1. The highest BCUT2D eigenvalue weighted by molar-refractivity contribution is 5.92. The smallest absolute Gasteiger partial charge is 0.271 e. The second-order valence-electron chi connectivity index (χ2n) is 6.08. The lowest BCUT2D eigenvalue weighted by atomic mass is 9.88. The fourth-order valence-corrected chi connectivity index (χ4v) is 2.10. The Morgan fingerprint density at radius 2 is 2.10 bits per heavy atom. The molecule has 5 heteroatoms. The highest BCUT2D eigenvalue weighted by atomic mass is 16.3. The lowest BCUT2D eigenvalue weighted by Gasteiger charge is -2.29. The van der Waals surface area contributed by atoms with Crippen molar-refractivity contribution < 1.29 is 9.90 Å². The molecular weight excluding hydrogens is 254 g/mol. The van der Waals surface area contributed by atoms with Crippen molar-refractivity contribution in [3.8, 4) is 0 Å². The van der Waals surface area contributed by atoms with Crippen molar-refractivity contribution in [2.75, 3.05) is 6.54 Å². The Morgan fingerprint density at radius 1 is 1.50 bits per heavy atom. The fourth-order valence-electron chi connectivity index (χ4n) is 2.10. The summed E-state index contributed by atoms with van der Waals surface area (Å²) in [6.07, 6.45) is 0.865. The van der Waals surface area contributed by atoms with Gasteiger partial charge in [-0.3, -0.25) is 9.48 Å². The summed E-state index contributed by atoms with van der Waals surface area (Å²) >= 11 is 0. The number of aromatic nitrogens is 2. The third-order valence-corrected chi connectivity index (χ3v) is 4.02. The minimum absolute atomic E-state index is 0.123. The second kappa shape index (κ2) is 6.39. The van der Waals surface area contributed by atoms with E-state index >= 15 is 0 Å². The first kappa shape index (κ1) is 16.7. The van der Waals surface area contributed by atoms with E-state index in [1.54, 1.807) is 17.7 Å². The van der Waals surface area contributed by atoms with Crippen LogP contribution >= 0.6 is 0 Å². The fraction of sp³-hybridized carbons (Fsp3) is 0.733. The van der Waals surface area contributed by atoms with Crippen LogP contribution in [0.5, 0.6) is 0 Å². The zero-order valence-electron chi connectivity index (χ0n) is 13.4. The van der Waals surface area contributed by atoms with Gasteiger partial charge in [0.05, 0.1) is 5.60 Å². The number of carbonyl (C=O) groups excluding carboxylic acids is 1. The van der Waals surface area contributed by atoms with Gasteiger partial charge in [0.2, 0.25) is 0 Å². The number of aliphatic hydroxyl groups is 1. The Morgan fingerprint density at radius 3 is 2.55 bits per heavy atom. The summed E-state index contributed by atoms with van der Waals surface area (Å²) in [5.41, 5.74) is 0.514. The summed E-state index contributed by atoms with van der Waals surface area (Å²) in [6.45, 7) is 10.1. The average Bonchev–Trinajstić information content (AvgIpc) is 2.77. The average molecular weight is 281 g/mol. The molecule has 0 saturated carbocycles. The normalized spacial score (nSPS) is 16.0. The van der Waals surface area contributed by atoms with E-state index < -0.39 is 5.60 Å². The molecule has 1 amide bonds. The van der Waals surface area contributed by atoms with Crippen molar-refractivity contribution in [3.05, 3.63) is 17.5 Å². The van der Waals surface area contributed by atoms with Crippen LogP contribution in [0.2, 0.25) is 0 Å². The SMILES string of the molecule is CCC(C)C(C)(O)CNC(=O)c1cc(C(C)C)n(C)n1. The lowest BCUT2D eigenvalue weighted by molar-refractivity contribution is 0.00587. The van der Waals surface area contributed by atoms with Crippen LogP contribution < -0.4 is 5.32 Å². The summed E-state index contributed by atoms with van der Waals surface area (Å²) < 4.78 is 1.73. The van der Waals surface area contributed by atoms with E-state index in [1.165, 1.54) is 0 Å². The Labute approximate surface area is 121 Å². The predicted molar refractivity (Wildman–Crippen MR) is 79.7 cm³/mol. The maximum atomic E-state index is 12.1. The Hall–Kier alpha value is -1.36. The van der Waals surface area contributed by atoms with Gasteiger partial charge in [-0.25, -0.2) is 0 Å². The van der Waals surface area contributed by atoms with Crippen LogP contribution in [-0.4, -0.2) is 32.9 Å². The van der Waals surface area contributed by atoms with Gasteiger partial charge in [-0.2, -0.15) is 5.10 Å². The van der Waals surface area contributed by atoms with Gasteiger partial charge in [-0.15, -0.1) is 0 Å². The number of hydrogen-bond donors (Lipinski definition) is 2. The third-order valence-electron chi connectivity index (χ3n) is 4.02. The van der Waals surface area contributed by atoms with Crippen molar-refractivity contribution in [2.24, 2.45) is 13.0 Å². The van der Waals surface area contributed by atoms with Crippen molar-refractivity contribution in [3.63, 3.8) is 0 Å². The highest BCUT2D eigenvalue weighted by Gasteiger charge is 2.28. The van der Waals surface area contributed by atoms with Crippen molar-refractivity contribution in [1.82, 2.24) is 15.1 Å². The topological polar surface area (TPSA) is 67.2 Å². The van der Waals surface area contributed by atoms with Crippen LogP contribution in [0, 0.1) is 5.92 Å². The molecule has 1 aromatic rings. The van der Waals surface area contributed by atoms with Gasteiger partial charge in [0, 0.05) is 19.3 Å². The van der Waals surface area contributed by atoms with E-state index in [0.29, 0.717) is 11.6 Å². The van der Waals surface area contributed by atoms with Gasteiger partial charge < -0.3 is 10.4 Å². The molecule has 0 saturated heterocycles. The monoisotopic (exact) mass is 281 g/mol. The molecule has 0 spiro atoms. The van der Waals surface area contributed by atoms with Gasteiger partial charge in [0.25, 0.3) is 5.91 Å². The van der Waals surface area contributed by atoms with Crippen LogP contribution in [-0.2, 0) is 7.05 Å². The second-order valence-corrected chi connectivity index (χ2v) is 6.08. The molecule has 2 N–H and O–H groups in total. The lowest BCUT2D eigenvalue weighted by Crippen LogP contribution is -2.45. The van der Waals surface area contributed by atoms with Crippen LogP contribution in [0.4, 0.5) is 0 Å². The van der Waals surface area contributed by atoms with Crippen LogP contribution in [0.25, 0.3) is 0 Å². The predicted octanol–water partition coefficient (Wildman–Crippen LogP) is 2.07. The molecular formula is C15H27N3O2. The zero-order chi connectivity index (χ0) is 15.5. The molecule has 0 radical (unpaired) electrons. The number of hydrogen-bond acceptors (Lipinski definition) is 3. The molecule has 0 bridgehead atoms. The van der Waals surface area contributed by atoms with E-state index in [4.69, 9.17) is 0 Å². The number of aryl methyl sites for hydroxylation is 1. The number of rotatable bonds is 6. The number of amides is 1. The molecule has 1 rings (SSSR count). The molecule has 0 aromatic carbocycles. The maximum absolute atomic E-state index is 12.1. The first-order valence-corrected chi connectivity index (χ1v) is 7.23. The van der Waals surface area contributed by atoms with Gasteiger partial charge in [-0.1, -0.05) is 34.1 Å². The van der Waals surface area contributed by atoms with Crippen LogP contribution in [0.1, 0.15) is 63.1 Å². The van der Waals surface area contributed by atoms with E-state index in [9.17, 15) is 9.90 Å². The molecule has 1 heterocycles. The number of nitrogens with zero attached hydrogens (tertiary/aromatic N) is 2. The van der Waals surface area contributed by atoms with Gasteiger partial charge in [0.1, 0.15) is 5.69 Å². The molecule has 2 atom stereocenters. The molecule has 1 aromatic heterocycles. The first-order valence-electron chi connectivity index (χ1n) is 7.23. The summed E-state index contributed by atoms with van der Waals surface area (Å²) in [5.74, 6) is 0.200. The number of carbonyl (C=O) groups is 1. The standard InChI is InChI=1S/C15H27N3O2/c1-7-11(4)15(5,20)9-16-14(19)12-8-13(10(2)3)18(6)17-12/h8,10-11,20H,7,9H2,1-6H3,(H,16,19). The summed E-state index contributed by atoms with van der Waals surface area (Å²) in [5, 5.41) is 17.3. The maximum Gasteiger partial charge on any atom is 0.271 e. The summed E-state index contributed by atoms with van der Waals surface area (Å²) in [6, 6.07) is 1.80. The molecule has 0 aliphatic rings. The highest BCUT2D eigenvalue weighted by Crippen LogP contribution is 2.19. The molecule has 20 heavy (non-hydrogen) atoms. The molecule has 5 nitrogen and oxygen atoms in total. The molecule has 114 valence electrons. The van der Waals surface area contributed by atoms with Crippen LogP contribution in [0.3, 0.4) is 0 Å². The molecule has 0 fully saturated rings. The zero-order valence-corrected chi connectivity index (χ0v) is 13.4.